The molecule has 2 aliphatic heterocycles. The Bertz CT molecular complexity index is 1360. The quantitative estimate of drug-likeness (QED) is 0.535. The summed E-state index contributed by atoms with van der Waals surface area (Å²) in [5, 5.41) is 0.964. The lowest BCUT2D eigenvalue weighted by molar-refractivity contribution is -0.135. The zero-order valence-corrected chi connectivity index (χ0v) is 20.8. The third-order valence-corrected chi connectivity index (χ3v) is 8.63. The molecule has 2 fully saturated rings. The Kier molecular flexibility index (Phi) is 6.35. The molecule has 0 radical (unpaired) electrons. The highest BCUT2D eigenvalue weighted by Crippen LogP contribution is 2.32. The molecule has 8 nitrogen and oxygen atoms in total. The fourth-order valence-corrected chi connectivity index (χ4v) is 6.48. The molecule has 4 heterocycles. The van der Waals surface area contributed by atoms with Crippen LogP contribution in [0.15, 0.2) is 42.7 Å². The molecule has 1 atom stereocenters. The summed E-state index contributed by atoms with van der Waals surface area (Å²) in [6.07, 6.45) is 5.07. The molecule has 2 saturated heterocycles. The molecule has 2 aromatic heterocycles. The number of aryl methyl sites for hydroxylation is 1. The average molecular weight is 496 g/mol. The van der Waals surface area contributed by atoms with Crippen molar-refractivity contribution in [2.75, 3.05) is 31.7 Å². The third-order valence-electron chi connectivity index (χ3n) is 6.91. The number of carbonyl (C=O) groups is 1. The van der Waals surface area contributed by atoms with Crippen molar-refractivity contribution in [2.24, 2.45) is 5.92 Å². The average Bonchev–Trinajstić information content (AvgIpc) is 3.31. The van der Waals surface area contributed by atoms with Crippen molar-refractivity contribution in [1.29, 1.82) is 0 Å². The predicted octanol–water partition coefficient (Wildman–Crippen LogP) is 3.42. The summed E-state index contributed by atoms with van der Waals surface area (Å²) in [5.41, 5.74) is 3.79. The van der Waals surface area contributed by atoms with Gasteiger partial charge in [0.2, 0.25) is 11.8 Å². The van der Waals surface area contributed by atoms with Crippen LogP contribution in [-0.2, 0) is 14.6 Å². The number of amides is 1. The van der Waals surface area contributed by atoms with Gasteiger partial charge in [-0.2, -0.15) is 0 Å². The van der Waals surface area contributed by atoms with Crippen LogP contribution in [0.25, 0.3) is 22.0 Å². The van der Waals surface area contributed by atoms with Gasteiger partial charge in [-0.05, 0) is 55.7 Å². The third kappa shape index (κ3) is 4.96. The van der Waals surface area contributed by atoms with Gasteiger partial charge in [-0.1, -0.05) is 0 Å². The minimum Gasteiger partial charge on any atom is -0.488 e. The minimum atomic E-state index is -2.98. The molecule has 0 spiro atoms. The van der Waals surface area contributed by atoms with Gasteiger partial charge >= 0.3 is 0 Å². The maximum absolute atomic E-state index is 12.9. The number of methoxy groups -OCH3 is 1. The van der Waals surface area contributed by atoms with E-state index in [-0.39, 0.29) is 29.4 Å². The summed E-state index contributed by atoms with van der Waals surface area (Å²) >= 11 is 0. The van der Waals surface area contributed by atoms with Crippen LogP contribution in [0.3, 0.4) is 0 Å². The van der Waals surface area contributed by atoms with Gasteiger partial charge in [0.25, 0.3) is 0 Å². The van der Waals surface area contributed by atoms with E-state index in [2.05, 4.69) is 9.97 Å². The number of rotatable bonds is 5. The number of hydrogen-bond donors (Lipinski definition) is 0. The summed E-state index contributed by atoms with van der Waals surface area (Å²) in [7, 11) is -1.37. The van der Waals surface area contributed by atoms with Gasteiger partial charge in [0.1, 0.15) is 21.7 Å². The second kappa shape index (κ2) is 9.45. The Morgan fingerprint density at radius 1 is 1.09 bits per heavy atom. The van der Waals surface area contributed by atoms with E-state index in [0.29, 0.717) is 31.8 Å². The lowest BCUT2D eigenvalue weighted by Gasteiger charge is -2.26. The Balaban J connectivity index is 1.31. The largest absolute Gasteiger partial charge is 0.488 e. The molecule has 1 unspecified atom stereocenters. The summed E-state index contributed by atoms with van der Waals surface area (Å²) in [5.74, 6) is 1.40. The molecule has 0 bridgehead atoms. The number of pyridine rings is 2. The van der Waals surface area contributed by atoms with E-state index in [9.17, 15) is 13.2 Å². The molecule has 0 saturated carbocycles. The van der Waals surface area contributed by atoms with E-state index in [1.54, 1.807) is 19.5 Å². The van der Waals surface area contributed by atoms with Crippen LogP contribution in [0.1, 0.15) is 24.8 Å². The zero-order chi connectivity index (χ0) is 24.6. The van der Waals surface area contributed by atoms with Crippen LogP contribution in [0.2, 0.25) is 0 Å². The lowest BCUT2D eigenvalue weighted by atomic mass is 10.0. The molecule has 2 aliphatic rings. The fraction of sp³-hybridized carbons (Fsp3) is 0.423. The van der Waals surface area contributed by atoms with Crippen LogP contribution in [0, 0.1) is 12.8 Å². The van der Waals surface area contributed by atoms with Gasteiger partial charge in [-0.15, -0.1) is 0 Å². The number of benzene rings is 1. The summed E-state index contributed by atoms with van der Waals surface area (Å²) in [4.78, 5) is 23.6. The van der Waals surface area contributed by atoms with Gasteiger partial charge < -0.3 is 14.4 Å². The van der Waals surface area contributed by atoms with Crippen LogP contribution in [0.5, 0.6) is 11.6 Å². The van der Waals surface area contributed by atoms with Crippen molar-refractivity contribution < 1.29 is 22.7 Å². The second-order valence-corrected chi connectivity index (χ2v) is 11.6. The van der Waals surface area contributed by atoms with Gasteiger partial charge in [0, 0.05) is 47.8 Å². The van der Waals surface area contributed by atoms with Crippen molar-refractivity contribution in [2.45, 2.75) is 32.3 Å². The summed E-state index contributed by atoms with van der Waals surface area (Å²) < 4.78 is 35.0. The standard InChI is InChI=1S/C26H29N3O5S/c1-17-13-19(15-28-25(17)33-2)22-5-9-27-24-4-3-20(14-23(22)24)34-21-6-10-29(16-21)26(30)18-7-11-35(31,32)12-8-18/h3-5,9,13-15,18,21H,6-8,10-12,16H2,1-2H3. The monoisotopic (exact) mass is 495 g/mol. The molecule has 184 valence electrons. The van der Waals surface area contributed by atoms with E-state index in [0.717, 1.165) is 39.8 Å². The van der Waals surface area contributed by atoms with E-state index in [1.807, 2.05) is 42.2 Å². The van der Waals surface area contributed by atoms with E-state index >= 15 is 0 Å². The normalized spacial score (nSPS) is 20.2. The zero-order valence-electron chi connectivity index (χ0n) is 19.9. The first-order valence-electron chi connectivity index (χ1n) is 11.9. The smallest absolute Gasteiger partial charge is 0.225 e. The van der Waals surface area contributed by atoms with E-state index < -0.39 is 9.84 Å². The Morgan fingerprint density at radius 2 is 1.89 bits per heavy atom. The molecule has 1 aromatic carbocycles. The van der Waals surface area contributed by atoms with Crippen LogP contribution >= 0.6 is 0 Å². The topological polar surface area (TPSA) is 98.7 Å². The number of ether oxygens (including phenoxy) is 2. The summed E-state index contributed by atoms with van der Waals surface area (Å²) in [6.45, 7) is 3.11. The van der Waals surface area contributed by atoms with Crippen molar-refractivity contribution in [3.05, 3.63) is 48.3 Å². The second-order valence-electron chi connectivity index (χ2n) is 9.33. The van der Waals surface area contributed by atoms with Crippen molar-refractivity contribution >= 4 is 26.6 Å². The van der Waals surface area contributed by atoms with Gasteiger partial charge in [-0.25, -0.2) is 13.4 Å². The highest BCUT2D eigenvalue weighted by molar-refractivity contribution is 7.91. The number of likely N-dealkylation sites (tertiary alicyclic amines) is 1. The number of hydrogen-bond acceptors (Lipinski definition) is 7. The minimum absolute atomic E-state index is 0.0540. The maximum Gasteiger partial charge on any atom is 0.225 e. The number of carbonyl (C=O) groups excluding carboxylic acids is 1. The number of aromatic nitrogens is 2. The van der Waals surface area contributed by atoms with Crippen molar-refractivity contribution in [3.8, 4) is 22.8 Å². The van der Waals surface area contributed by atoms with Gasteiger partial charge in [0.15, 0.2) is 0 Å². The molecule has 5 rings (SSSR count). The molecule has 9 heteroatoms. The molecular formula is C26H29N3O5S. The number of sulfone groups is 1. The lowest BCUT2D eigenvalue weighted by Crippen LogP contribution is -2.39. The van der Waals surface area contributed by atoms with Crippen LogP contribution in [-0.4, -0.2) is 67.0 Å². The summed E-state index contributed by atoms with van der Waals surface area (Å²) in [6, 6.07) is 9.86. The Morgan fingerprint density at radius 3 is 2.63 bits per heavy atom. The molecular weight excluding hydrogens is 466 g/mol. The van der Waals surface area contributed by atoms with E-state index in [4.69, 9.17) is 9.47 Å². The SMILES string of the molecule is COc1ncc(-c2ccnc3ccc(OC4CCN(C(=O)C5CCS(=O)(=O)CC5)C4)cc23)cc1C. The van der Waals surface area contributed by atoms with Crippen molar-refractivity contribution in [1.82, 2.24) is 14.9 Å². The Hall–Kier alpha value is -3.20. The fourth-order valence-electron chi connectivity index (χ4n) is 4.99. The highest BCUT2D eigenvalue weighted by Gasteiger charge is 2.35. The first-order chi connectivity index (χ1) is 16.8. The number of fused-ring (bicyclic) bond motifs is 1. The molecule has 1 amide bonds. The maximum atomic E-state index is 12.9. The first-order valence-corrected chi connectivity index (χ1v) is 13.7. The predicted molar refractivity (Wildman–Crippen MR) is 133 cm³/mol. The molecule has 0 aliphatic carbocycles. The highest BCUT2D eigenvalue weighted by atomic mass is 32.2. The van der Waals surface area contributed by atoms with Gasteiger partial charge in [-0.3, -0.25) is 9.78 Å². The van der Waals surface area contributed by atoms with E-state index in [1.165, 1.54) is 0 Å². The molecule has 35 heavy (non-hydrogen) atoms. The molecule has 3 aromatic rings. The van der Waals surface area contributed by atoms with Crippen molar-refractivity contribution in [3.63, 3.8) is 0 Å². The Labute approximate surface area is 205 Å². The number of nitrogens with zero attached hydrogens (tertiary/aromatic N) is 3. The first kappa shape index (κ1) is 23.5. The molecule has 0 N–H and O–H groups in total. The van der Waals surface area contributed by atoms with Crippen LogP contribution < -0.4 is 9.47 Å². The van der Waals surface area contributed by atoms with Gasteiger partial charge in [0.05, 0.1) is 30.7 Å². The van der Waals surface area contributed by atoms with Crippen LogP contribution in [0.4, 0.5) is 0 Å².